The molecule has 38 heavy (non-hydrogen) atoms. The van der Waals surface area contributed by atoms with Crippen LogP contribution in [-0.4, -0.2) is 41.6 Å². The molecule has 3 amide bonds. The summed E-state index contributed by atoms with van der Waals surface area (Å²) in [7, 11) is -4.28. The van der Waals surface area contributed by atoms with Crippen molar-refractivity contribution in [2.24, 2.45) is 5.92 Å². The molecular weight excluding hydrogens is 496 g/mol. The van der Waals surface area contributed by atoms with Crippen LogP contribution in [0.4, 0.5) is 4.79 Å². The van der Waals surface area contributed by atoms with E-state index in [0.29, 0.717) is 6.42 Å². The highest BCUT2D eigenvalue weighted by atomic mass is 32.2. The van der Waals surface area contributed by atoms with Crippen molar-refractivity contribution in [3.8, 4) is 0 Å². The van der Waals surface area contributed by atoms with E-state index in [1.54, 1.807) is 31.2 Å². The third-order valence-corrected chi connectivity index (χ3v) is 11.1. The Morgan fingerprint density at radius 1 is 0.842 bits per heavy atom. The van der Waals surface area contributed by atoms with E-state index in [4.69, 9.17) is 0 Å². The molecule has 0 spiro atoms. The van der Waals surface area contributed by atoms with Gasteiger partial charge in [0.15, 0.2) is 0 Å². The summed E-state index contributed by atoms with van der Waals surface area (Å²) in [6.07, 6.45) is 0.547. The summed E-state index contributed by atoms with van der Waals surface area (Å²) in [4.78, 5) is 29.6. The summed E-state index contributed by atoms with van der Waals surface area (Å²) in [6.45, 7) is 9.68. The van der Waals surface area contributed by atoms with Crippen LogP contribution in [0.15, 0.2) is 77.7 Å². The molecule has 7 heteroatoms. The molecule has 3 aromatic rings. The quantitative estimate of drug-likeness (QED) is 0.456. The first-order valence-corrected chi connectivity index (χ1v) is 14.6. The summed E-state index contributed by atoms with van der Waals surface area (Å²) in [5.41, 5.74) is 3.34. The first-order chi connectivity index (χ1) is 18.0. The molecule has 4 aliphatic rings. The first kappa shape index (κ1) is 24.9. The van der Waals surface area contributed by atoms with Gasteiger partial charge in [0, 0.05) is 16.7 Å². The Kier molecular flexibility index (Phi) is 5.25. The van der Waals surface area contributed by atoms with Gasteiger partial charge in [-0.1, -0.05) is 80.1 Å². The number of carbonyl (C=O) groups excluding carboxylic acids is 2. The van der Waals surface area contributed by atoms with Gasteiger partial charge < -0.3 is 0 Å². The molecule has 1 saturated heterocycles. The van der Waals surface area contributed by atoms with Crippen molar-refractivity contribution in [2.75, 3.05) is 0 Å². The van der Waals surface area contributed by atoms with Crippen molar-refractivity contribution in [1.29, 1.82) is 0 Å². The number of hydrogen-bond acceptors (Lipinski definition) is 4. The van der Waals surface area contributed by atoms with E-state index >= 15 is 0 Å². The predicted molar refractivity (Wildman–Crippen MR) is 145 cm³/mol. The Hall–Kier alpha value is -3.45. The number of carbonyl (C=O) groups is 2. The van der Waals surface area contributed by atoms with Gasteiger partial charge in [-0.3, -0.25) is 9.69 Å². The van der Waals surface area contributed by atoms with E-state index < -0.39 is 44.9 Å². The minimum absolute atomic E-state index is 0.0461. The number of imide groups is 1. The lowest BCUT2D eigenvalue weighted by molar-refractivity contribution is -0.134. The van der Waals surface area contributed by atoms with E-state index in [1.165, 1.54) is 4.90 Å². The van der Waals surface area contributed by atoms with Crippen LogP contribution < -0.4 is 0 Å². The Labute approximate surface area is 224 Å². The highest BCUT2D eigenvalue weighted by Gasteiger charge is 2.72. The molecule has 0 saturated carbocycles. The first-order valence-electron chi connectivity index (χ1n) is 13.2. The Morgan fingerprint density at radius 3 is 1.74 bits per heavy atom. The van der Waals surface area contributed by atoms with Gasteiger partial charge in [0.1, 0.15) is 0 Å². The molecule has 1 heterocycles. The molecule has 0 aromatic heterocycles. The molecule has 3 aliphatic carbocycles. The second kappa shape index (κ2) is 8.03. The van der Waals surface area contributed by atoms with Crippen molar-refractivity contribution in [3.63, 3.8) is 0 Å². The average molecular weight is 529 g/mol. The lowest BCUT2D eigenvalue weighted by Gasteiger charge is -2.60. The number of urea groups is 1. The summed E-state index contributed by atoms with van der Waals surface area (Å²) < 4.78 is 29.7. The zero-order valence-electron chi connectivity index (χ0n) is 22.3. The third-order valence-electron chi connectivity index (χ3n) is 9.35. The number of sulfonamides is 1. The average Bonchev–Trinajstić information content (AvgIpc) is 3.25. The molecule has 2 bridgehead atoms. The molecule has 0 N–H and O–H groups in total. The molecular formula is C31H32N2O4S. The van der Waals surface area contributed by atoms with E-state index in [-0.39, 0.29) is 10.8 Å². The van der Waals surface area contributed by atoms with Gasteiger partial charge in [-0.15, -0.1) is 0 Å². The number of nitrogens with zero attached hydrogens (tertiary/aromatic N) is 2. The predicted octanol–water partition coefficient (Wildman–Crippen LogP) is 5.37. The second-order valence-electron chi connectivity index (χ2n) is 11.3. The summed E-state index contributed by atoms with van der Waals surface area (Å²) >= 11 is 0. The fraction of sp³-hybridized carbons (Fsp3) is 0.355. The molecule has 0 unspecified atom stereocenters. The van der Waals surface area contributed by atoms with Gasteiger partial charge in [-0.2, -0.15) is 0 Å². The zero-order chi connectivity index (χ0) is 27.2. The van der Waals surface area contributed by atoms with Gasteiger partial charge in [-0.05, 0) is 61.6 Å². The van der Waals surface area contributed by atoms with Crippen LogP contribution >= 0.6 is 0 Å². The molecule has 3 atom stereocenters. The standard InChI is InChI=1S/C31H32N2O4S/c1-6-20(3)28(34)32-26-27(33(29(32)35)38(36,37)21-17-15-19(2)16-18-21)31(5)24-13-9-7-11-22(24)30(26,4)23-12-8-10-14-25(23)31/h7-18,20,26-27H,6H2,1-5H3/t20-,26-,27+,30?,31?/m0/s1. The van der Waals surface area contributed by atoms with Gasteiger partial charge in [-0.25, -0.2) is 17.5 Å². The van der Waals surface area contributed by atoms with Crippen LogP contribution in [0.5, 0.6) is 0 Å². The maximum atomic E-state index is 14.4. The highest BCUT2D eigenvalue weighted by molar-refractivity contribution is 7.89. The molecule has 0 radical (unpaired) electrons. The Morgan fingerprint density at radius 2 is 1.29 bits per heavy atom. The van der Waals surface area contributed by atoms with Crippen molar-refractivity contribution < 1.29 is 18.0 Å². The van der Waals surface area contributed by atoms with E-state index in [1.807, 2.05) is 57.2 Å². The normalized spacial score (nSPS) is 28.1. The summed E-state index contributed by atoms with van der Waals surface area (Å²) in [5.74, 6) is -0.759. The van der Waals surface area contributed by atoms with Crippen LogP contribution in [0.3, 0.4) is 0 Å². The van der Waals surface area contributed by atoms with Gasteiger partial charge >= 0.3 is 6.03 Å². The van der Waals surface area contributed by atoms with Gasteiger partial charge in [0.2, 0.25) is 5.91 Å². The number of rotatable bonds is 4. The van der Waals surface area contributed by atoms with Crippen LogP contribution in [-0.2, 0) is 25.6 Å². The molecule has 6 nitrogen and oxygen atoms in total. The topological polar surface area (TPSA) is 74.8 Å². The van der Waals surface area contributed by atoms with Crippen molar-refractivity contribution >= 4 is 22.0 Å². The van der Waals surface area contributed by atoms with Crippen molar-refractivity contribution in [3.05, 3.63) is 101 Å². The Balaban J connectivity index is 1.70. The maximum absolute atomic E-state index is 14.4. The Bertz CT molecular complexity index is 1550. The van der Waals surface area contributed by atoms with Gasteiger partial charge in [0.25, 0.3) is 10.0 Å². The smallest absolute Gasteiger partial charge is 0.274 e. The highest BCUT2D eigenvalue weighted by Crippen LogP contribution is 2.63. The molecule has 1 fully saturated rings. The van der Waals surface area contributed by atoms with Crippen LogP contribution in [0, 0.1) is 12.8 Å². The monoisotopic (exact) mass is 528 g/mol. The minimum Gasteiger partial charge on any atom is -0.274 e. The van der Waals surface area contributed by atoms with E-state index in [0.717, 1.165) is 32.1 Å². The molecule has 1 aliphatic heterocycles. The SMILES string of the molecule is CC[C@H](C)C(=O)N1C(=O)N(S(=O)(=O)c2ccc(C)cc2)[C@@H]2[C@H]1C1(C)c3ccccc3C2(C)c2ccccc21. The summed E-state index contributed by atoms with van der Waals surface area (Å²) in [5, 5.41) is 0. The van der Waals surface area contributed by atoms with Crippen molar-refractivity contribution in [1.82, 2.24) is 9.21 Å². The van der Waals surface area contributed by atoms with E-state index in [2.05, 4.69) is 19.1 Å². The third kappa shape index (κ3) is 2.85. The largest absolute Gasteiger partial charge is 0.341 e. The van der Waals surface area contributed by atoms with Crippen LogP contribution in [0.25, 0.3) is 0 Å². The number of aryl methyl sites for hydroxylation is 1. The van der Waals surface area contributed by atoms with Crippen molar-refractivity contribution in [2.45, 2.75) is 68.8 Å². The molecule has 7 rings (SSSR count). The molecule has 3 aromatic carbocycles. The fourth-order valence-corrected chi connectivity index (χ4v) is 8.79. The number of amides is 3. The van der Waals surface area contributed by atoms with E-state index in [9.17, 15) is 18.0 Å². The zero-order valence-corrected chi connectivity index (χ0v) is 23.1. The lowest BCUT2D eigenvalue weighted by atomic mass is 9.46. The number of benzene rings is 3. The molecule has 196 valence electrons. The number of hydrogen-bond donors (Lipinski definition) is 0. The lowest BCUT2D eigenvalue weighted by Crippen LogP contribution is -2.68. The fourth-order valence-electron chi connectivity index (χ4n) is 7.16. The minimum atomic E-state index is -4.28. The van der Waals surface area contributed by atoms with Crippen LogP contribution in [0.2, 0.25) is 0 Å². The van der Waals surface area contributed by atoms with Crippen LogP contribution in [0.1, 0.15) is 61.9 Å². The van der Waals surface area contributed by atoms with Gasteiger partial charge in [0.05, 0.1) is 17.0 Å². The summed E-state index contributed by atoms with van der Waals surface area (Å²) in [6, 6.07) is 20.4. The maximum Gasteiger partial charge on any atom is 0.341 e. The second-order valence-corrected chi connectivity index (χ2v) is 13.1.